The number of rotatable bonds is 8. The van der Waals surface area contributed by atoms with Gasteiger partial charge in [-0.15, -0.1) is 0 Å². The maximum atomic E-state index is 12.7. The van der Waals surface area contributed by atoms with E-state index in [0.29, 0.717) is 35.1 Å². The fourth-order valence-electron chi connectivity index (χ4n) is 3.92. The molecule has 2 heterocycles. The van der Waals surface area contributed by atoms with Crippen molar-refractivity contribution in [2.45, 2.75) is 18.9 Å². The molecule has 0 spiro atoms. The zero-order chi connectivity index (χ0) is 24.8. The van der Waals surface area contributed by atoms with Crippen LogP contribution in [0.5, 0.6) is 11.5 Å². The molecule has 1 aliphatic rings. The van der Waals surface area contributed by atoms with Gasteiger partial charge in [-0.1, -0.05) is 0 Å². The van der Waals surface area contributed by atoms with Gasteiger partial charge in [-0.05, 0) is 61.4 Å². The first-order chi connectivity index (χ1) is 17.0. The molecule has 10 nitrogen and oxygen atoms in total. The summed E-state index contributed by atoms with van der Waals surface area (Å²) < 4.78 is 10.3. The smallest absolute Gasteiger partial charge is 0.271 e. The van der Waals surface area contributed by atoms with Crippen LogP contribution in [0.15, 0.2) is 54.7 Å². The number of benzene rings is 2. The molecule has 35 heavy (non-hydrogen) atoms. The molecule has 0 aliphatic carbocycles. The third-order valence-electron chi connectivity index (χ3n) is 5.78. The summed E-state index contributed by atoms with van der Waals surface area (Å²) in [6.07, 6.45) is 3.25. The summed E-state index contributed by atoms with van der Waals surface area (Å²) in [5, 5.41) is 6.22. The molecule has 1 unspecified atom stereocenters. The summed E-state index contributed by atoms with van der Waals surface area (Å²) in [4.78, 5) is 35.6. The molecule has 1 aliphatic heterocycles. The molecule has 4 rings (SSSR count). The molecule has 0 radical (unpaired) electrons. The highest BCUT2D eigenvalue weighted by molar-refractivity contribution is 5.96. The van der Waals surface area contributed by atoms with Crippen LogP contribution in [0.3, 0.4) is 0 Å². The molecular formula is C25H28N6O4. The SMILES string of the molecule is COc1ccc(Nc2nc(N3CCCC(NC(=O)c4ccc(OC)cc4)C3)cnc2C(N)=O)cc1. The first-order valence-corrected chi connectivity index (χ1v) is 11.2. The van der Waals surface area contributed by atoms with Gasteiger partial charge in [-0.3, -0.25) is 9.59 Å². The lowest BCUT2D eigenvalue weighted by atomic mass is 10.0. The number of nitrogens with zero attached hydrogens (tertiary/aromatic N) is 3. The Bertz CT molecular complexity index is 1180. The molecule has 1 aromatic heterocycles. The predicted octanol–water partition coefficient (Wildman–Crippen LogP) is 2.74. The average molecular weight is 477 g/mol. The van der Waals surface area contributed by atoms with Crippen molar-refractivity contribution in [1.82, 2.24) is 15.3 Å². The lowest BCUT2D eigenvalue weighted by molar-refractivity contribution is 0.0931. The van der Waals surface area contributed by atoms with Crippen molar-refractivity contribution < 1.29 is 19.1 Å². The number of anilines is 3. The molecule has 3 aromatic rings. The van der Waals surface area contributed by atoms with Crippen molar-refractivity contribution in [1.29, 1.82) is 0 Å². The van der Waals surface area contributed by atoms with Gasteiger partial charge in [-0.2, -0.15) is 0 Å². The zero-order valence-corrected chi connectivity index (χ0v) is 19.7. The lowest BCUT2D eigenvalue weighted by Crippen LogP contribution is -2.48. The van der Waals surface area contributed by atoms with E-state index in [2.05, 4.69) is 20.6 Å². The minimum absolute atomic E-state index is 0.0472. The van der Waals surface area contributed by atoms with Crippen LogP contribution in [0.2, 0.25) is 0 Å². The van der Waals surface area contributed by atoms with Gasteiger partial charge in [-0.25, -0.2) is 9.97 Å². The molecule has 4 N–H and O–H groups in total. The maximum absolute atomic E-state index is 12.7. The van der Waals surface area contributed by atoms with Gasteiger partial charge in [0.15, 0.2) is 11.5 Å². The lowest BCUT2D eigenvalue weighted by Gasteiger charge is -2.34. The number of ether oxygens (including phenoxy) is 2. The van der Waals surface area contributed by atoms with Gasteiger partial charge in [0.05, 0.1) is 20.4 Å². The van der Waals surface area contributed by atoms with Crippen LogP contribution in [-0.4, -0.2) is 55.1 Å². The molecule has 0 saturated carbocycles. The molecular weight excluding hydrogens is 448 g/mol. The summed E-state index contributed by atoms with van der Waals surface area (Å²) >= 11 is 0. The minimum Gasteiger partial charge on any atom is -0.497 e. The van der Waals surface area contributed by atoms with Crippen LogP contribution in [-0.2, 0) is 0 Å². The van der Waals surface area contributed by atoms with Gasteiger partial charge >= 0.3 is 0 Å². The minimum atomic E-state index is -0.677. The second-order valence-corrected chi connectivity index (χ2v) is 8.13. The van der Waals surface area contributed by atoms with Crippen molar-refractivity contribution in [3.05, 3.63) is 66.0 Å². The van der Waals surface area contributed by atoms with Gasteiger partial charge in [0, 0.05) is 30.4 Å². The van der Waals surface area contributed by atoms with E-state index < -0.39 is 5.91 Å². The van der Waals surface area contributed by atoms with Gasteiger partial charge < -0.3 is 30.7 Å². The fraction of sp³-hybridized carbons (Fsp3) is 0.280. The van der Waals surface area contributed by atoms with Crippen molar-refractivity contribution in [2.75, 3.05) is 37.5 Å². The number of nitrogens with two attached hydrogens (primary N) is 1. The first kappa shape index (κ1) is 23.8. The molecule has 1 fully saturated rings. The summed E-state index contributed by atoms with van der Waals surface area (Å²) in [6.45, 7) is 1.32. The number of carbonyl (C=O) groups excluding carboxylic acids is 2. The first-order valence-electron chi connectivity index (χ1n) is 11.2. The molecule has 2 aromatic carbocycles. The third-order valence-corrected chi connectivity index (χ3v) is 5.78. The van der Waals surface area contributed by atoms with Gasteiger partial charge in [0.1, 0.15) is 17.3 Å². The zero-order valence-electron chi connectivity index (χ0n) is 19.7. The van der Waals surface area contributed by atoms with Crippen LogP contribution in [0.25, 0.3) is 0 Å². The van der Waals surface area contributed by atoms with Crippen LogP contribution in [0, 0.1) is 0 Å². The Morgan fingerprint density at radius 1 is 1.03 bits per heavy atom. The highest BCUT2D eigenvalue weighted by Gasteiger charge is 2.24. The van der Waals surface area contributed by atoms with Crippen LogP contribution < -0.4 is 30.7 Å². The van der Waals surface area contributed by atoms with E-state index in [-0.39, 0.29) is 23.5 Å². The monoisotopic (exact) mass is 476 g/mol. The number of carbonyl (C=O) groups is 2. The van der Waals surface area contributed by atoms with Gasteiger partial charge in [0.25, 0.3) is 11.8 Å². The maximum Gasteiger partial charge on any atom is 0.271 e. The molecule has 2 amide bonds. The van der Waals surface area contributed by atoms with E-state index in [0.717, 1.165) is 19.4 Å². The number of methoxy groups -OCH3 is 2. The van der Waals surface area contributed by atoms with E-state index in [1.54, 1.807) is 50.6 Å². The van der Waals surface area contributed by atoms with Crippen molar-refractivity contribution in [3.8, 4) is 11.5 Å². The Kier molecular flexibility index (Phi) is 7.30. The molecule has 1 saturated heterocycles. The van der Waals surface area contributed by atoms with E-state index in [1.807, 2.05) is 17.0 Å². The van der Waals surface area contributed by atoms with Crippen molar-refractivity contribution >= 4 is 29.1 Å². The van der Waals surface area contributed by atoms with Crippen LogP contribution in [0.1, 0.15) is 33.7 Å². The standard InChI is InChI=1S/C25H28N6O4/c1-34-19-9-5-16(6-10-19)25(33)29-18-4-3-13-31(15-18)21-14-27-22(23(26)32)24(30-21)28-17-7-11-20(35-2)12-8-17/h5-12,14,18H,3-4,13,15H2,1-2H3,(H2,26,32)(H,28,30)(H,29,33). The van der Waals surface area contributed by atoms with Crippen LogP contribution in [0.4, 0.5) is 17.3 Å². The normalized spacial score (nSPS) is 15.3. The van der Waals surface area contributed by atoms with E-state index in [9.17, 15) is 9.59 Å². The molecule has 0 bridgehead atoms. The Morgan fingerprint density at radius 2 is 1.69 bits per heavy atom. The molecule has 10 heteroatoms. The fourth-order valence-corrected chi connectivity index (χ4v) is 3.92. The number of nitrogens with one attached hydrogen (secondary N) is 2. The van der Waals surface area contributed by atoms with Crippen molar-refractivity contribution in [3.63, 3.8) is 0 Å². The van der Waals surface area contributed by atoms with Crippen molar-refractivity contribution in [2.24, 2.45) is 5.73 Å². The second-order valence-electron chi connectivity index (χ2n) is 8.13. The Labute approximate surface area is 203 Å². The largest absolute Gasteiger partial charge is 0.497 e. The Balaban J connectivity index is 1.48. The number of piperidine rings is 1. The number of aromatic nitrogens is 2. The van der Waals surface area contributed by atoms with Crippen LogP contribution >= 0.6 is 0 Å². The number of hydrogen-bond donors (Lipinski definition) is 3. The second kappa shape index (κ2) is 10.7. The Hall–Kier alpha value is -4.34. The number of amides is 2. The quantitative estimate of drug-likeness (QED) is 0.452. The van der Waals surface area contributed by atoms with E-state index in [4.69, 9.17) is 15.2 Å². The highest BCUT2D eigenvalue weighted by atomic mass is 16.5. The number of primary amides is 1. The number of hydrogen-bond acceptors (Lipinski definition) is 8. The van der Waals surface area contributed by atoms with E-state index >= 15 is 0 Å². The third kappa shape index (κ3) is 5.78. The summed E-state index contributed by atoms with van der Waals surface area (Å²) in [5.74, 6) is 1.45. The summed E-state index contributed by atoms with van der Waals surface area (Å²) in [6, 6.07) is 14.1. The molecule has 1 atom stereocenters. The summed E-state index contributed by atoms with van der Waals surface area (Å²) in [7, 11) is 3.18. The Morgan fingerprint density at radius 3 is 2.31 bits per heavy atom. The molecule has 182 valence electrons. The summed E-state index contributed by atoms with van der Waals surface area (Å²) in [5.41, 5.74) is 6.85. The van der Waals surface area contributed by atoms with Gasteiger partial charge in [0.2, 0.25) is 0 Å². The van der Waals surface area contributed by atoms with E-state index in [1.165, 1.54) is 6.20 Å². The average Bonchev–Trinajstić information content (AvgIpc) is 2.89. The highest BCUT2D eigenvalue weighted by Crippen LogP contribution is 2.24. The predicted molar refractivity (Wildman–Crippen MR) is 133 cm³/mol. The topological polar surface area (TPSA) is 132 Å².